The number of sulfonamides is 1. The number of amides is 1. The first-order valence-electron chi connectivity index (χ1n) is 11.8. The number of aromatic nitrogens is 1. The van der Waals surface area contributed by atoms with Crippen LogP contribution >= 0.6 is 0 Å². The van der Waals surface area contributed by atoms with Crippen molar-refractivity contribution in [3.63, 3.8) is 0 Å². The lowest BCUT2D eigenvalue weighted by molar-refractivity contribution is 0.0979. The molecule has 10 heteroatoms. The summed E-state index contributed by atoms with van der Waals surface area (Å²) >= 11 is 0. The number of nitrogens with zero attached hydrogens (tertiary/aromatic N) is 1. The van der Waals surface area contributed by atoms with E-state index in [4.69, 9.17) is 14.2 Å². The Hall–Kier alpha value is -2.85. The van der Waals surface area contributed by atoms with Crippen LogP contribution in [-0.2, 0) is 21.2 Å². The van der Waals surface area contributed by atoms with E-state index < -0.39 is 26.6 Å². The topological polar surface area (TPSA) is 113 Å². The summed E-state index contributed by atoms with van der Waals surface area (Å²) < 4.78 is 45.1. The van der Waals surface area contributed by atoms with Gasteiger partial charge < -0.3 is 18.8 Å². The summed E-state index contributed by atoms with van der Waals surface area (Å²) in [6, 6.07) is 5.16. The lowest BCUT2D eigenvalue weighted by Gasteiger charge is -2.34. The number of pyridine rings is 1. The highest BCUT2D eigenvalue weighted by Gasteiger charge is 2.37. The van der Waals surface area contributed by atoms with Crippen LogP contribution in [0.15, 0.2) is 29.2 Å². The fourth-order valence-corrected chi connectivity index (χ4v) is 5.70. The third-order valence-electron chi connectivity index (χ3n) is 6.49. The Morgan fingerprint density at radius 2 is 1.89 bits per heavy atom. The summed E-state index contributed by atoms with van der Waals surface area (Å²) in [6.45, 7) is 5.22. The minimum Gasteiger partial charge on any atom is -0.493 e. The number of carbonyl (C=O) groups excluding carboxylic acids is 1. The molecule has 2 heterocycles. The van der Waals surface area contributed by atoms with Gasteiger partial charge in [-0.25, -0.2) is 13.1 Å². The van der Waals surface area contributed by atoms with Crippen LogP contribution in [0.2, 0.25) is 0 Å². The molecule has 4 rings (SSSR count). The molecule has 0 radical (unpaired) electrons. The van der Waals surface area contributed by atoms with Gasteiger partial charge in [0.15, 0.2) is 16.9 Å². The first-order valence-corrected chi connectivity index (χ1v) is 13.4. The summed E-state index contributed by atoms with van der Waals surface area (Å²) in [4.78, 5) is 25.7. The predicted octanol–water partition coefficient (Wildman–Crippen LogP) is 2.91. The van der Waals surface area contributed by atoms with Crippen LogP contribution in [0.4, 0.5) is 0 Å². The van der Waals surface area contributed by atoms with Crippen molar-refractivity contribution in [2.75, 3.05) is 27.4 Å². The fourth-order valence-electron chi connectivity index (χ4n) is 4.40. The van der Waals surface area contributed by atoms with Crippen LogP contribution in [0.25, 0.3) is 11.3 Å². The van der Waals surface area contributed by atoms with Gasteiger partial charge in [0, 0.05) is 44.0 Å². The first-order chi connectivity index (χ1) is 16.7. The van der Waals surface area contributed by atoms with Gasteiger partial charge in [-0.2, -0.15) is 0 Å². The standard InChI is InChI=1S/C25H32N2O7S/c1-15(2)20-10-16-11-24(34-9-5-8-32-3)23(33-4)12-18(16)21-13-22(28)19(14-27(20)21)25(29)26-35(30,31)17-6-7-17/h11-15,17,20H,5-10H2,1-4H3,(H,26,29). The van der Waals surface area contributed by atoms with Crippen LogP contribution in [0.3, 0.4) is 0 Å². The Bertz CT molecular complexity index is 1280. The zero-order valence-electron chi connectivity index (χ0n) is 20.5. The molecular formula is C25H32N2O7S. The van der Waals surface area contributed by atoms with Gasteiger partial charge in [-0.05, 0) is 42.9 Å². The molecule has 1 aliphatic carbocycles. The van der Waals surface area contributed by atoms with Crippen LogP contribution in [0.5, 0.6) is 11.5 Å². The van der Waals surface area contributed by atoms with E-state index in [1.54, 1.807) is 14.2 Å². The maximum absolute atomic E-state index is 13.0. The summed E-state index contributed by atoms with van der Waals surface area (Å²) in [5.41, 5.74) is 1.77. The summed E-state index contributed by atoms with van der Waals surface area (Å²) in [5, 5.41) is -0.555. The number of hydrogen-bond acceptors (Lipinski definition) is 7. The SMILES string of the molecule is COCCCOc1cc2c(cc1OC)-c1cc(=O)c(C(=O)NS(=O)(=O)C3CC3)cn1C(C(C)C)C2. The van der Waals surface area contributed by atoms with Gasteiger partial charge in [-0.3, -0.25) is 9.59 Å². The average Bonchev–Trinajstić information content (AvgIpc) is 3.66. The van der Waals surface area contributed by atoms with E-state index >= 15 is 0 Å². The number of ether oxygens (including phenoxy) is 3. The van der Waals surface area contributed by atoms with Gasteiger partial charge in [-0.15, -0.1) is 0 Å². The molecule has 2 aliphatic rings. The summed E-state index contributed by atoms with van der Waals surface area (Å²) in [6.07, 6.45) is 3.94. The van der Waals surface area contributed by atoms with E-state index in [0.29, 0.717) is 49.7 Å². The maximum Gasteiger partial charge on any atom is 0.270 e. The second-order valence-corrected chi connectivity index (χ2v) is 11.4. The van der Waals surface area contributed by atoms with Crippen LogP contribution in [0.1, 0.15) is 55.1 Å². The van der Waals surface area contributed by atoms with E-state index in [1.807, 2.05) is 16.7 Å². The second kappa shape index (κ2) is 10.0. The molecule has 9 nitrogen and oxygen atoms in total. The molecule has 0 saturated heterocycles. The first kappa shape index (κ1) is 25.2. The van der Waals surface area contributed by atoms with Gasteiger partial charge in [0.1, 0.15) is 5.56 Å². The quantitative estimate of drug-likeness (QED) is 0.495. The van der Waals surface area contributed by atoms with E-state index in [2.05, 4.69) is 18.6 Å². The third-order valence-corrected chi connectivity index (χ3v) is 8.31. The molecular weight excluding hydrogens is 472 g/mol. The van der Waals surface area contributed by atoms with E-state index in [9.17, 15) is 18.0 Å². The molecule has 1 aromatic heterocycles. The van der Waals surface area contributed by atoms with Crippen molar-refractivity contribution in [3.8, 4) is 22.8 Å². The Labute approximate surface area is 205 Å². The molecule has 2 aromatic rings. The largest absolute Gasteiger partial charge is 0.493 e. The average molecular weight is 505 g/mol. The molecule has 1 amide bonds. The van der Waals surface area contributed by atoms with Gasteiger partial charge in [0.05, 0.1) is 24.7 Å². The van der Waals surface area contributed by atoms with Crippen molar-refractivity contribution < 1.29 is 27.4 Å². The van der Waals surface area contributed by atoms with E-state index in [1.165, 1.54) is 12.3 Å². The predicted molar refractivity (Wildman–Crippen MR) is 132 cm³/mol. The van der Waals surface area contributed by atoms with Gasteiger partial charge in [0.2, 0.25) is 10.0 Å². The van der Waals surface area contributed by atoms with Crippen molar-refractivity contribution in [2.45, 2.75) is 50.8 Å². The smallest absolute Gasteiger partial charge is 0.270 e. The fraction of sp³-hybridized carbons (Fsp3) is 0.520. The number of methoxy groups -OCH3 is 2. The molecule has 1 unspecified atom stereocenters. The molecule has 1 atom stereocenters. The van der Waals surface area contributed by atoms with Crippen LogP contribution < -0.4 is 19.6 Å². The molecule has 0 spiro atoms. The highest BCUT2D eigenvalue weighted by atomic mass is 32.2. The minimum atomic E-state index is -3.76. The molecule has 0 bridgehead atoms. The van der Waals surface area contributed by atoms with Crippen molar-refractivity contribution in [1.29, 1.82) is 0 Å². The summed E-state index contributed by atoms with van der Waals surface area (Å²) in [5.74, 6) is 0.467. The lowest BCUT2D eigenvalue weighted by atomic mass is 9.87. The molecule has 1 saturated carbocycles. The molecule has 1 N–H and O–H groups in total. The molecule has 1 fully saturated rings. The van der Waals surface area contributed by atoms with Gasteiger partial charge in [0.25, 0.3) is 5.91 Å². The molecule has 1 aliphatic heterocycles. The third kappa shape index (κ3) is 5.23. The van der Waals surface area contributed by atoms with Gasteiger partial charge in [-0.1, -0.05) is 13.8 Å². The van der Waals surface area contributed by atoms with Crippen LogP contribution in [-0.4, -0.2) is 51.6 Å². The maximum atomic E-state index is 13.0. The van der Waals surface area contributed by atoms with Gasteiger partial charge >= 0.3 is 0 Å². The van der Waals surface area contributed by atoms with E-state index in [-0.39, 0.29) is 17.5 Å². The molecule has 1 aromatic carbocycles. The number of benzene rings is 1. The highest BCUT2D eigenvalue weighted by molar-refractivity contribution is 7.91. The lowest BCUT2D eigenvalue weighted by Crippen LogP contribution is -2.37. The van der Waals surface area contributed by atoms with Crippen molar-refractivity contribution in [3.05, 3.63) is 45.7 Å². The zero-order valence-corrected chi connectivity index (χ0v) is 21.3. The van der Waals surface area contributed by atoms with Crippen molar-refractivity contribution in [2.24, 2.45) is 5.92 Å². The van der Waals surface area contributed by atoms with Crippen LogP contribution in [0, 0.1) is 5.92 Å². The Morgan fingerprint density at radius 1 is 1.14 bits per heavy atom. The van der Waals surface area contributed by atoms with Crippen molar-refractivity contribution in [1.82, 2.24) is 9.29 Å². The number of nitrogens with one attached hydrogen (secondary N) is 1. The molecule has 190 valence electrons. The Balaban J connectivity index is 1.74. The normalized spacial score (nSPS) is 17.0. The van der Waals surface area contributed by atoms with E-state index in [0.717, 1.165) is 17.5 Å². The number of rotatable bonds is 10. The Morgan fingerprint density at radius 3 is 2.51 bits per heavy atom. The molecule has 35 heavy (non-hydrogen) atoms. The number of hydrogen-bond donors (Lipinski definition) is 1. The number of fused-ring (bicyclic) bond motifs is 3. The van der Waals surface area contributed by atoms with Crippen molar-refractivity contribution >= 4 is 15.9 Å². The number of carbonyl (C=O) groups is 1. The minimum absolute atomic E-state index is 0.0422. The highest BCUT2D eigenvalue weighted by Crippen LogP contribution is 2.42. The Kier molecular flexibility index (Phi) is 7.23. The second-order valence-electron chi connectivity index (χ2n) is 9.39. The monoisotopic (exact) mass is 504 g/mol. The summed E-state index contributed by atoms with van der Waals surface area (Å²) in [7, 11) is -0.558. The zero-order chi connectivity index (χ0) is 25.3.